The summed E-state index contributed by atoms with van der Waals surface area (Å²) in [6.07, 6.45) is 7.22. The molecule has 0 aliphatic carbocycles. The van der Waals surface area contributed by atoms with Gasteiger partial charge in [-0.25, -0.2) is 0 Å². The van der Waals surface area contributed by atoms with Crippen LogP contribution < -0.4 is 5.32 Å². The Hall–Kier alpha value is -0.830. The van der Waals surface area contributed by atoms with Gasteiger partial charge in [0.2, 0.25) is 0 Å². The molecule has 0 spiro atoms. The molecule has 0 fully saturated rings. The zero-order valence-electron chi connectivity index (χ0n) is 10.4. The molecule has 0 radical (unpaired) electrons. The highest BCUT2D eigenvalue weighted by Crippen LogP contribution is 2.21. The molecule has 1 N–H and O–H groups in total. The second-order valence-corrected chi connectivity index (χ2v) is 4.18. The average Bonchev–Trinajstić information content (AvgIpc) is 2.53. The van der Waals surface area contributed by atoms with Gasteiger partial charge in [-0.15, -0.1) is 0 Å². The fraction of sp³-hybridized carbons (Fsp3) is 0.750. The van der Waals surface area contributed by atoms with E-state index in [9.17, 15) is 0 Å². The molecule has 1 rings (SSSR count). The lowest BCUT2D eigenvalue weighted by atomic mass is 10.0. The molecular weight excluding hydrogens is 186 g/mol. The van der Waals surface area contributed by atoms with Gasteiger partial charge in [-0.3, -0.25) is 4.68 Å². The summed E-state index contributed by atoms with van der Waals surface area (Å²) >= 11 is 0. The van der Waals surface area contributed by atoms with Gasteiger partial charge in [0.15, 0.2) is 0 Å². The second kappa shape index (κ2) is 5.91. The number of hydrogen-bond acceptors (Lipinski definition) is 2. The molecule has 1 aromatic rings. The Morgan fingerprint density at radius 3 is 2.67 bits per heavy atom. The minimum atomic E-state index is 0.463. The van der Waals surface area contributed by atoms with Crippen LogP contribution in [0.3, 0.4) is 0 Å². The molecule has 1 atom stereocenters. The summed E-state index contributed by atoms with van der Waals surface area (Å²) in [6, 6.07) is 0.463. The highest BCUT2D eigenvalue weighted by atomic mass is 15.3. The standard InChI is InChI=1S/C12H23N3/c1-5-6-7-8-12(13-3)11-9-15(4)14-10(11)2/h9,12-13H,5-8H2,1-4H3. The van der Waals surface area contributed by atoms with Gasteiger partial charge in [-0.1, -0.05) is 26.2 Å². The molecule has 0 saturated carbocycles. The van der Waals surface area contributed by atoms with Crippen LogP contribution in [0.5, 0.6) is 0 Å². The third kappa shape index (κ3) is 3.34. The predicted molar refractivity (Wildman–Crippen MR) is 63.9 cm³/mol. The molecule has 0 bridgehead atoms. The van der Waals surface area contributed by atoms with Crippen molar-refractivity contribution in [3.63, 3.8) is 0 Å². The smallest absolute Gasteiger partial charge is 0.0641 e. The van der Waals surface area contributed by atoms with E-state index in [0.29, 0.717) is 6.04 Å². The van der Waals surface area contributed by atoms with Crippen LogP contribution in [0.15, 0.2) is 6.20 Å². The molecule has 1 heterocycles. The van der Waals surface area contributed by atoms with Crippen LogP contribution in [0, 0.1) is 6.92 Å². The number of aromatic nitrogens is 2. The van der Waals surface area contributed by atoms with Gasteiger partial charge in [-0.05, 0) is 20.4 Å². The molecule has 3 nitrogen and oxygen atoms in total. The van der Waals surface area contributed by atoms with Crippen molar-refractivity contribution in [1.29, 1.82) is 0 Å². The van der Waals surface area contributed by atoms with Gasteiger partial charge in [0, 0.05) is 24.8 Å². The molecule has 86 valence electrons. The van der Waals surface area contributed by atoms with Gasteiger partial charge >= 0.3 is 0 Å². The maximum absolute atomic E-state index is 4.38. The number of hydrogen-bond donors (Lipinski definition) is 1. The van der Waals surface area contributed by atoms with Gasteiger partial charge in [0.1, 0.15) is 0 Å². The van der Waals surface area contributed by atoms with E-state index < -0.39 is 0 Å². The van der Waals surface area contributed by atoms with Crippen molar-refractivity contribution < 1.29 is 0 Å². The van der Waals surface area contributed by atoms with E-state index in [1.807, 2.05) is 18.8 Å². The first-order valence-corrected chi connectivity index (χ1v) is 5.86. The van der Waals surface area contributed by atoms with Gasteiger partial charge in [0.25, 0.3) is 0 Å². The Morgan fingerprint density at radius 2 is 2.20 bits per heavy atom. The molecule has 0 aliphatic heterocycles. The van der Waals surface area contributed by atoms with E-state index in [1.165, 1.54) is 31.2 Å². The van der Waals surface area contributed by atoms with Crippen LogP contribution in [0.2, 0.25) is 0 Å². The van der Waals surface area contributed by atoms with Crippen LogP contribution in [0.25, 0.3) is 0 Å². The summed E-state index contributed by atoms with van der Waals surface area (Å²) in [5.74, 6) is 0. The van der Waals surface area contributed by atoms with E-state index in [0.717, 1.165) is 5.69 Å². The summed E-state index contributed by atoms with van der Waals surface area (Å²) < 4.78 is 1.90. The number of rotatable bonds is 6. The summed E-state index contributed by atoms with van der Waals surface area (Å²) in [5, 5.41) is 7.76. The summed E-state index contributed by atoms with van der Waals surface area (Å²) in [6.45, 7) is 4.32. The Bertz CT molecular complexity index is 291. The molecule has 1 aromatic heterocycles. The monoisotopic (exact) mass is 209 g/mol. The van der Waals surface area contributed by atoms with E-state index in [2.05, 4.69) is 30.5 Å². The fourth-order valence-electron chi connectivity index (χ4n) is 2.01. The van der Waals surface area contributed by atoms with Crippen molar-refractivity contribution >= 4 is 0 Å². The van der Waals surface area contributed by atoms with E-state index >= 15 is 0 Å². The van der Waals surface area contributed by atoms with Crippen LogP contribution in [-0.2, 0) is 7.05 Å². The summed E-state index contributed by atoms with van der Waals surface area (Å²) in [4.78, 5) is 0. The molecule has 1 unspecified atom stereocenters. The first-order chi connectivity index (χ1) is 7.19. The minimum absolute atomic E-state index is 0.463. The van der Waals surface area contributed by atoms with Crippen LogP contribution in [-0.4, -0.2) is 16.8 Å². The molecule has 0 aromatic carbocycles. The molecule has 0 amide bonds. The van der Waals surface area contributed by atoms with Crippen molar-refractivity contribution in [2.45, 2.75) is 45.6 Å². The lowest BCUT2D eigenvalue weighted by Gasteiger charge is -2.15. The minimum Gasteiger partial charge on any atom is -0.313 e. The first-order valence-electron chi connectivity index (χ1n) is 5.86. The van der Waals surface area contributed by atoms with Crippen molar-refractivity contribution in [3.05, 3.63) is 17.5 Å². The SMILES string of the molecule is CCCCCC(NC)c1cn(C)nc1C. The zero-order valence-corrected chi connectivity index (χ0v) is 10.4. The Labute approximate surface area is 92.9 Å². The Morgan fingerprint density at radius 1 is 1.47 bits per heavy atom. The molecule has 0 aliphatic rings. The molecular formula is C12H23N3. The third-order valence-corrected chi connectivity index (χ3v) is 2.87. The normalized spacial score (nSPS) is 13.1. The predicted octanol–water partition coefficient (Wildman–Crippen LogP) is 2.57. The second-order valence-electron chi connectivity index (χ2n) is 4.18. The van der Waals surface area contributed by atoms with Crippen molar-refractivity contribution in [1.82, 2.24) is 15.1 Å². The highest BCUT2D eigenvalue weighted by Gasteiger charge is 2.13. The summed E-state index contributed by atoms with van der Waals surface area (Å²) in [7, 11) is 4.01. The maximum Gasteiger partial charge on any atom is 0.0641 e. The van der Waals surface area contributed by atoms with Gasteiger partial charge < -0.3 is 5.32 Å². The zero-order chi connectivity index (χ0) is 11.3. The van der Waals surface area contributed by atoms with Crippen LogP contribution >= 0.6 is 0 Å². The van der Waals surface area contributed by atoms with E-state index in [-0.39, 0.29) is 0 Å². The topological polar surface area (TPSA) is 29.9 Å². The summed E-state index contributed by atoms with van der Waals surface area (Å²) in [5.41, 5.74) is 2.49. The van der Waals surface area contributed by atoms with Gasteiger partial charge in [-0.2, -0.15) is 5.10 Å². The van der Waals surface area contributed by atoms with Crippen LogP contribution in [0.4, 0.5) is 0 Å². The van der Waals surface area contributed by atoms with Crippen molar-refractivity contribution in [2.75, 3.05) is 7.05 Å². The lowest BCUT2D eigenvalue weighted by Crippen LogP contribution is -2.16. The van der Waals surface area contributed by atoms with E-state index in [4.69, 9.17) is 0 Å². The van der Waals surface area contributed by atoms with Crippen molar-refractivity contribution in [3.8, 4) is 0 Å². The molecule has 0 saturated heterocycles. The number of aryl methyl sites for hydroxylation is 2. The average molecular weight is 209 g/mol. The lowest BCUT2D eigenvalue weighted by molar-refractivity contribution is 0.510. The highest BCUT2D eigenvalue weighted by molar-refractivity contribution is 5.19. The molecule has 3 heteroatoms. The largest absolute Gasteiger partial charge is 0.313 e. The quantitative estimate of drug-likeness (QED) is 0.730. The van der Waals surface area contributed by atoms with Crippen LogP contribution in [0.1, 0.15) is 49.9 Å². The fourth-order valence-corrected chi connectivity index (χ4v) is 2.01. The van der Waals surface area contributed by atoms with E-state index in [1.54, 1.807) is 0 Å². The van der Waals surface area contributed by atoms with Gasteiger partial charge in [0.05, 0.1) is 5.69 Å². The maximum atomic E-state index is 4.38. The Balaban J connectivity index is 2.61. The molecule has 15 heavy (non-hydrogen) atoms. The Kier molecular flexibility index (Phi) is 4.82. The number of unbranched alkanes of at least 4 members (excludes halogenated alkanes) is 2. The number of nitrogens with one attached hydrogen (secondary N) is 1. The van der Waals surface area contributed by atoms with Crippen molar-refractivity contribution in [2.24, 2.45) is 7.05 Å². The first kappa shape index (κ1) is 12.2. The number of nitrogens with zero attached hydrogens (tertiary/aromatic N) is 2. The third-order valence-electron chi connectivity index (χ3n) is 2.87.